The lowest BCUT2D eigenvalue weighted by Gasteiger charge is -2.08. The first kappa shape index (κ1) is 14.8. The third-order valence-electron chi connectivity index (χ3n) is 1.96. The average molecular weight is 333 g/mol. The number of halogens is 1. The number of aromatic amines is 1. The molecule has 0 aromatic carbocycles. The maximum absolute atomic E-state index is 5.14. The SMILES string of the molecule is C#CCNC(=NC)NCc1cn[nH]c1C.I. The van der Waals surface area contributed by atoms with Crippen LogP contribution in [0.5, 0.6) is 0 Å². The number of nitrogens with zero attached hydrogens (tertiary/aromatic N) is 2. The van der Waals surface area contributed by atoms with Crippen LogP contribution >= 0.6 is 24.0 Å². The fourth-order valence-electron chi connectivity index (χ4n) is 1.09. The van der Waals surface area contributed by atoms with Gasteiger partial charge >= 0.3 is 0 Å². The summed E-state index contributed by atoms with van der Waals surface area (Å²) in [4.78, 5) is 4.02. The maximum Gasteiger partial charge on any atom is 0.192 e. The molecule has 0 bridgehead atoms. The van der Waals surface area contributed by atoms with Gasteiger partial charge in [0.15, 0.2) is 5.96 Å². The zero-order valence-electron chi connectivity index (χ0n) is 9.37. The van der Waals surface area contributed by atoms with Crippen LogP contribution in [0.1, 0.15) is 11.3 Å². The van der Waals surface area contributed by atoms with Crippen molar-refractivity contribution in [3.8, 4) is 12.3 Å². The highest BCUT2D eigenvalue weighted by Crippen LogP contribution is 2.00. The van der Waals surface area contributed by atoms with E-state index in [1.54, 1.807) is 13.2 Å². The van der Waals surface area contributed by atoms with Gasteiger partial charge in [0.25, 0.3) is 0 Å². The molecular formula is C10H16IN5. The number of terminal acetylenes is 1. The molecular weight excluding hydrogens is 317 g/mol. The van der Waals surface area contributed by atoms with Gasteiger partial charge in [0.1, 0.15) is 0 Å². The minimum absolute atomic E-state index is 0. The third kappa shape index (κ3) is 4.53. The van der Waals surface area contributed by atoms with E-state index in [1.165, 1.54) is 0 Å². The summed E-state index contributed by atoms with van der Waals surface area (Å²) in [5.41, 5.74) is 2.16. The Hall–Kier alpha value is -1.23. The van der Waals surface area contributed by atoms with Crippen LogP contribution < -0.4 is 10.6 Å². The number of H-pyrrole nitrogens is 1. The van der Waals surface area contributed by atoms with E-state index >= 15 is 0 Å². The summed E-state index contributed by atoms with van der Waals surface area (Å²) in [6.45, 7) is 3.11. The zero-order valence-corrected chi connectivity index (χ0v) is 11.7. The predicted octanol–water partition coefficient (Wildman–Crippen LogP) is 0.634. The highest BCUT2D eigenvalue weighted by molar-refractivity contribution is 14.0. The van der Waals surface area contributed by atoms with Crippen LogP contribution in [0, 0.1) is 19.3 Å². The maximum atomic E-state index is 5.14. The Labute approximate surface area is 113 Å². The first-order chi connectivity index (χ1) is 7.27. The Morgan fingerprint density at radius 2 is 2.38 bits per heavy atom. The van der Waals surface area contributed by atoms with Crippen molar-refractivity contribution in [1.82, 2.24) is 20.8 Å². The molecule has 0 fully saturated rings. The number of nitrogens with one attached hydrogen (secondary N) is 3. The second-order valence-electron chi connectivity index (χ2n) is 3.00. The van der Waals surface area contributed by atoms with Crippen LogP contribution in [-0.4, -0.2) is 29.7 Å². The molecule has 0 aliphatic heterocycles. The van der Waals surface area contributed by atoms with Gasteiger partial charge in [-0.05, 0) is 6.92 Å². The number of aliphatic imine (C=N–C) groups is 1. The summed E-state index contributed by atoms with van der Waals surface area (Å²) in [5.74, 6) is 3.18. The van der Waals surface area contributed by atoms with Crippen molar-refractivity contribution in [2.24, 2.45) is 4.99 Å². The second kappa shape index (κ2) is 7.98. The van der Waals surface area contributed by atoms with E-state index in [0.29, 0.717) is 19.0 Å². The lowest BCUT2D eigenvalue weighted by atomic mass is 10.3. The molecule has 16 heavy (non-hydrogen) atoms. The Balaban J connectivity index is 0.00000225. The summed E-state index contributed by atoms with van der Waals surface area (Å²) in [7, 11) is 1.70. The smallest absolute Gasteiger partial charge is 0.192 e. The van der Waals surface area contributed by atoms with Gasteiger partial charge in [0.2, 0.25) is 0 Å². The summed E-state index contributed by atoms with van der Waals surface area (Å²) in [5, 5.41) is 12.9. The van der Waals surface area contributed by atoms with Crippen molar-refractivity contribution in [3.63, 3.8) is 0 Å². The van der Waals surface area contributed by atoms with Gasteiger partial charge < -0.3 is 10.6 Å². The molecule has 0 saturated heterocycles. The summed E-state index contributed by atoms with van der Waals surface area (Å²) in [6.07, 6.45) is 6.92. The molecule has 0 radical (unpaired) electrons. The molecule has 0 aliphatic carbocycles. The Morgan fingerprint density at radius 1 is 1.62 bits per heavy atom. The van der Waals surface area contributed by atoms with Crippen LogP contribution in [-0.2, 0) is 6.54 Å². The fourth-order valence-corrected chi connectivity index (χ4v) is 1.09. The van der Waals surface area contributed by atoms with Gasteiger partial charge in [-0.3, -0.25) is 10.1 Å². The van der Waals surface area contributed by atoms with E-state index in [-0.39, 0.29) is 24.0 Å². The lowest BCUT2D eigenvalue weighted by Crippen LogP contribution is -2.36. The predicted molar refractivity (Wildman–Crippen MR) is 75.8 cm³/mol. The first-order valence-electron chi connectivity index (χ1n) is 4.64. The molecule has 0 spiro atoms. The van der Waals surface area contributed by atoms with Crippen LogP contribution in [0.2, 0.25) is 0 Å². The van der Waals surface area contributed by atoms with Crippen LogP contribution in [0.3, 0.4) is 0 Å². The van der Waals surface area contributed by atoms with Gasteiger partial charge in [-0.15, -0.1) is 30.4 Å². The van der Waals surface area contributed by atoms with E-state index in [4.69, 9.17) is 6.42 Å². The number of aryl methyl sites for hydroxylation is 1. The Bertz CT molecular complexity index is 377. The van der Waals surface area contributed by atoms with Crippen molar-refractivity contribution in [2.75, 3.05) is 13.6 Å². The van der Waals surface area contributed by atoms with E-state index in [9.17, 15) is 0 Å². The van der Waals surface area contributed by atoms with E-state index < -0.39 is 0 Å². The normalized spacial score (nSPS) is 10.2. The van der Waals surface area contributed by atoms with Crippen molar-refractivity contribution in [1.29, 1.82) is 0 Å². The molecule has 0 amide bonds. The van der Waals surface area contributed by atoms with Gasteiger partial charge in [0.05, 0.1) is 12.7 Å². The molecule has 0 aliphatic rings. The summed E-state index contributed by atoms with van der Waals surface area (Å²) >= 11 is 0. The molecule has 1 rings (SSSR count). The van der Waals surface area contributed by atoms with Crippen molar-refractivity contribution < 1.29 is 0 Å². The first-order valence-corrected chi connectivity index (χ1v) is 4.64. The molecule has 1 aromatic heterocycles. The van der Waals surface area contributed by atoms with Gasteiger partial charge in [-0.1, -0.05) is 5.92 Å². The van der Waals surface area contributed by atoms with Gasteiger partial charge in [-0.2, -0.15) is 5.10 Å². The van der Waals surface area contributed by atoms with Crippen molar-refractivity contribution >= 4 is 29.9 Å². The molecule has 3 N–H and O–H groups in total. The second-order valence-corrected chi connectivity index (χ2v) is 3.00. The highest BCUT2D eigenvalue weighted by Gasteiger charge is 2.01. The zero-order chi connectivity index (χ0) is 11.1. The molecule has 0 atom stereocenters. The van der Waals surface area contributed by atoms with E-state index in [1.807, 2.05) is 6.92 Å². The molecule has 6 heteroatoms. The number of aromatic nitrogens is 2. The molecule has 88 valence electrons. The Kier molecular flexibility index (Phi) is 7.37. The van der Waals surface area contributed by atoms with Crippen molar-refractivity contribution in [3.05, 3.63) is 17.5 Å². The quantitative estimate of drug-likeness (QED) is 0.329. The van der Waals surface area contributed by atoms with Crippen LogP contribution in [0.4, 0.5) is 0 Å². The summed E-state index contributed by atoms with van der Waals surface area (Å²) in [6, 6.07) is 0. The molecule has 5 nitrogen and oxygen atoms in total. The minimum Gasteiger partial charge on any atom is -0.352 e. The topological polar surface area (TPSA) is 65.1 Å². The van der Waals surface area contributed by atoms with Gasteiger partial charge in [0, 0.05) is 24.8 Å². The largest absolute Gasteiger partial charge is 0.352 e. The Morgan fingerprint density at radius 3 is 2.88 bits per heavy atom. The molecule has 0 saturated carbocycles. The summed E-state index contributed by atoms with van der Waals surface area (Å²) < 4.78 is 0. The van der Waals surface area contributed by atoms with Gasteiger partial charge in [-0.25, -0.2) is 0 Å². The molecule has 1 aromatic rings. The van der Waals surface area contributed by atoms with Crippen LogP contribution in [0.15, 0.2) is 11.2 Å². The van der Waals surface area contributed by atoms with Crippen molar-refractivity contribution in [2.45, 2.75) is 13.5 Å². The highest BCUT2D eigenvalue weighted by atomic mass is 127. The third-order valence-corrected chi connectivity index (χ3v) is 1.96. The number of rotatable bonds is 3. The molecule has 0 unspecified atom stereocenters. The van der Waals surface area contributed by atoms with Crippen LogP contribution in [0.25, 0.3) is 0 Å². The fraction of sp³-hybridized carbons (Fsp3) is 0.400. The number of guanidine groups is 1. The lowest BCUT2D eigenvalue weighted by molar-refractivity contribution is 0.846. The van der Waals surface area contributed by atoms with E-state index in [0.717, 1.165) is 11.3 Å². The number of hydrogen-bond donors (Lipinski definition) is 3. The molecule has 1 heterocycles. The number of hydrogen-bond acceptors (Lipinski definition) is 2. The standard InChI is InChI=1S/C10H15N5.HI/c1-4-5-12-10(11-3)13-6-9-7-14-15-8(9)2;/h1,7H,5-6H2,2-3H3,(H,14,15)(H2,11,12,13);1H. The van der Waals surface area contributed by atoms with E-state index in [2.05, 4.69) is 31.7 Å². The monoisotopic (exact) mass is 333 g/mol. The minimum atomic E-state index is 0. The average Bonchev–Trinajstić information content (AvgIpc) is 2.65.